The first-order valence-electron chi connectivity index (χ1n) is 4.16. The van der Waals surface area contributed by atoms with Crippen LogP contribution in [0.5, 0.6) is 0 Å². The van der Waals surface area contributed by atoms with Crippen molar-refractivity contribution in [2.75, 3.05) is 7.11 Å². The van der Waals surface area contributed by atoms with Crippen molar-refractivity contribution in [3.8, 4) is 0 Å². The molecule has 0 aliphatic rings. The Morgan fingerprint density at radius 1 is 1.45 bits per heavy atom. The van der Waals surface area contributed by atoms with Gasteiger partial charge < -0.3 is 4.74 Å². The molecule has 0 saturated carbocycles. The molecule has 64 valence electrons. The molecule has 0 spiro atoms. The SMILES string of the molecule is C=C(C=C(CC)OC)CCC. The monoisotopic (exact) mass is 154 g/mol. The second-order valence-electron chi connectivity index (χ2n) is 2.58. The lowest BCUT2D eigenvalue weighted by atomic mass is 10.1. The third kappa shape index (κ3) is 4.65. The molecular weight excluding hydrogens is 136 g/mol. The van der Waals surface area contributed by atoms with E-state index < -0.39 is 0 Å². The number of methoxy groups -OCH3 is 1. The minimum Gasteiger partial charge on any atom is -0.501 e. The lowest BCUT2D eigenvalue weighted by molar-refractivity contribution is 0.280. The first-order chi connectivity index (χ1) is 5.24. The van der Waals surface area contributed by atoms with Gasteiger partial charge in [0.2, 0.25) is 0 Å². The average Bonchev–Trinajstić information content (AvgIpc) is 2.01. The van der Waals surface area contributed by atoms with Crippen LogP contribution >= 0.6 is 0 Å². The topological polar surface area (TPSA) is 9.23 Å². The van der Waals surface area contributed by atoms with E-state index in [-0.39, 0.29) is 0 Å². The smallest absolute Gasteiger partial charge is 0.0955 e. The molecule has 1 heteroatoms. The molecule has 11 heavy (non-hydrogen) atoms. The molecule has 0 heterocycles. The third-order valence-corrected chi connectivity index (χ3v) is 1.55. The summed E-state index contributed by atoms with van der Waals surface area (Å²) in [6, 6.07) is 0. The zero-order valence-corrected chi connectivity index (χ0v) is 7.81. The van der Waals surface area contributed by atoms with Gasteiger partial charge in [-0.15, -0.1) is 0 Å². The van der Waals surface area contributed by atoms with Crippen molar-refractivity contribution in [1.82, 2.24) is 0 Å². The standard InChI is InChI=1S/C10H18O/c1-5-7-9(3)8-10(6-2)11-4/h8H,3,5-7H2,1-2,4H3. The highest BCUT2D eigenvalue weighted by Crippen LogP contribution is 2.09. The maximum Gasteiger partial charge on any atom is 0.0955 e. The summed E-state index contributed by atoms with van der Waals surface area (Å²) in [4.78, 5) is 0. The Morgan fingerprint density at radius 3 is 2.45 bits per heavy atom. The maximum absolute atomic E-state index is 5.12. The maximum atomic E-state index is 5.12. The van der Waals surface area contributed by atoms with Crippen LogP contribution in [0, 0.1) is 0 Å². The molecule has 0 aromatic carbocycles. The molecule has 0 unspecified atom stereocenters. The molecule has 0 aromatic rings. The Labute approximate surface area is 69.8 Å². The summed E-state index contributed by atoms with van der Waals surface area (Å²) in [5.74, 6) is 1.02. The number of hydrogen-bond donors (Lipinski definition) is 0. The Balaban J connectivity index is 3.93. The molecule has 0 radical (unpaired) electrons. The number of rotatable bonds is 5. The van der Waals surface area contributed by atoms with E-state index in [1.165, 1.54) is 0 Å². The quantitative estimate of drug-likeness (QED) is 0.436. The Bertz CT molecular complexity index is 139. The van der Waals surface area contributed by atoms with Gasteiger partial charge in [-0.2, -0.15) is 0 Å². The zero-order valence-electron chi connectivity index (χ0n) is 7.81. The Hall–Kier alpha value is -0.720. The average molecular weight is 154 g/mol. The normalized spacial score (nSPS) is 11.4. The Kier molecular flexibility index (Phi) is 5.63. The van der Waals surface area contributed by atoms with Gasteiger partial charge in [0, 0.05) is 6.42 Å². The fourth-order valence-corrected chi connectivity index (χ4v) is 0.926. The van der Waals surface area contributed by atoms with Gasteiger partial charge in [-0.3, -0.25) is 0 Å². The second-order valence-corrected chi connectivity index (χ2v) is 2.58. The molecule has 0 amide bonds. The van der Waals surface area contributed by atoms with Gasteiger partial charge in [0.25, 0.3) is 0 Å². The van der Waals surface area contributed by atoms with Gasteiger partial charge in [-0.25, -0.2) is 0 Å². The third-order valence-electron chi connectivity index (χ3n) is 1.55. The van der Waals surface area contributed by atoms with E-state index in [0.717, 1.165) is 30.6 Å². The summed E-state index contributed by atoms with van der Waals surface area (Å²) < 4.78 is 5.12. The van der Waals surface area contributed by atoms with Crippen LogP contribution in [-0.2, 0) is 4.74 Å². The molecule has 0 rings (SSSR count). The molecule has 1 nitrogen and oxygen atoms in total. The summed E-state index contributed by atoms with van der Waals surface area (Å²) in [5, 5.41) is 0. The molecule has 0 aromatic heterocycles. The van der Waals surface area contributed by atoms with E-state index in [2.05, 4.69) is 20.4 Å². The molecule has 0 fully saturated rings. The zero-order chi connectivity index (χ0) is 8.69. The summed E-state index contributed by atoms with van der Waals surface area (Å²) in [6.07, 6.45) is 5.19. The van der Waals surface area contributed by atoms with E-state index in [9.17, 15) is 0 Å². The summed E-state index contributed by atoms with van der Waals surface area (Å²) in [6.45, 7) is 8.15. The Morgan fingerprint density at radius 2 is 2.09 bits per heavy atom. The van der Waals surface area contributed by atoms with Crippen molar-refractivity contribution in [3.05, 3.63) is 24.0 Å². The van der Waals surface area contributed by atoms with Crippen LogP contribution < -0.4 is 0 Å². The first-order valence-corrected chi connectivity index (χ1v) is 4.16. The predicted octanol–water partition coefficient (Wildman–Crippen LogP) is 3.28. The van der Waals surface area contributed by atoms with Crippen LogP contribution in [0.2, 0.25) is 0 Å². The van der Waals surface area contributed by atoms with Gasteiger partial charge in [0.05, 0.1) is 12.9 Å². The second kappa shape index (κ2) is 6.02. The van der Waals surface area contributed by atoms with Crippen LogP contribution in [0.15, 0.2) is 24.0 Å². The molecule has 0 aliphatic heterocycles. The minimum absolute atomic E-state index is 0.944. The highest BCUT2D eigenvalue weighted by Gasteiger charge is 1.92. The van der Waals surface area contributed by atoms with Crippen LogP contribution in [0.1, 0.15) is 33.1 Å². The molecule has 0 atom stereocenters. The molecule has 0 N–H and O–H groups in total. The van der Waals surface area contributed by atoms with Crippen molar-refractivity contribution in [2.45, 2.75) is 33.1 Å². The summed E-state index contributed by atoms with van der Waals surface area (Å²) in [5.41, 5.74) is 1.16. The van der Waals surface area contributed by atoms with Crippen molar-refractivity contribution in [1.29, 1.82) is 0 Å². The minimum atomic E-state index is 0.944. The van der Waals surface area contributed by atoms with Gasteiger partial charge in [0.15, 0.2) is 0 Å². The number of hydrogen-bond acceptors (Lipinski definition) is 1. The van der Waals surface area contributed by atoms with E-state index in [1.54, 1.807) is 7.11 Å². The van der Waals surface area contributed by atoms with Crippen molar-refractivity contribution in [2.24, 2.45) is 0 Å². The highest BCUT2D eigenvalue weighted by atomic mass is 16.5. The van der Waals surface area contributed by atoms with E-state index in [1.807, 2.05) is 6.08 Å². The van der Waals surface area contributed by atoms with Gasteiger partial charge in [-0.1, -0.05) is 32.4 Å². The lowest BCUT2D eigenvalue weighted by Gasteiger charge is -2.03. The fraction of sp³-hybridized carbons (Fsp3) is 0.600. The van der Waals surface area contributed by atoms with Gasteiger partial charge in [0.1, 0.15) is 0 Å². The fourth-order valence-electron chi connectivity index (χ4n) is 0.926. The molecule has 0 aliphatic carbocycles. The van der Waals surface area contributed by atoms with Gasteiger partial charge in [-0.05, 0) is 12.5 Å². The predicted molar refractivity (Wildman–Crippen MR) is 49.4 cm³/mol. The number of ether oxygens (including phenoxy) is 1. The lowest BCUT2D eigenvalue weighted by Crippen LogP contribution is -1.85. The van der Waals surface area contributed by atoms with Crippen molar-refractivity contribution < 1.29 is 4.74 Å². The van der Waals surface area contributed by atoms with Crippen molar-refractivity contribution in [3.63, 3.8) is 0 Å². The van der Waals surface area contributed by atoms with Crippen LogP contribution in [0.3, 0.4) is 0 Å². The van der Waals surface area contributed by atoms with Crippen LogP contribution in [-0.4, -0.2) is 7.11 Å². The largest absolute Gasteiger partial charge is 0.501 e. The van der Waals surface area contributed by atoms with Crippen molar-refractivity contribution >= 4 is 0 Å². The number of allylic oxidation sites excluding steroid dienone is 3. The highest BCUT2D eigenvalue weighted by molar-refractivity contribution is 5.17. The molecule has 0 bridgehead atoms. The molecule has 0 saturated heterocycles. The van der Waals surface area contributed by atoms with Gasteiger partial charge >= 0.3 is 0 Å². The van der Waals surface area contributed by atoms with Crippen LogP contribution in [0.25, 0.3) is 0 Å². The molecular formula is C10H18O. The van der Waals surface area contributed by atoms with E-state index >= 15 is 0 Å². The summed E-state index contributed by atoms with van der Waals surface area (Å²) in [7, 11) is 1.70. The first kappa shape index (κ1) is 10.3. The van der Waals surface area contributed by atoms with E-state index in [4.69, 9.17) is 4.74 Å². The van der Waals surface area contributed by atoms with E-state index in [0.29, 0.717) is 0 Å². The van der Waals surface area contributed by atoms with Crippen LogP contribution in [0.4, 0.5) is 0 Å². The summed E-state index contributed by atoms with van der Waals surface area (Å²) >= 11 is 0.